The highest BCUT2D eigenvalue weighted by Crippen LogP contribution is 2.48. The van der Waals surface area contributed by atoms with Crippen LogP contribution in [0.2, 0.25) is 0 Å². The van der Waals surface area contributed by atoms with Crippen LogP contribution in [0.4, 0.5) is 0 Å². The van der Waals surface area contributed by atoms with E-state index < -0.39 is 7.92 Å². The van der Waals surface area contributed by atoms with Gasteiger partial charge in [0.25, 0.3) is 0 Å². The zero-order valence-electron chi connectivity index (χ0n) is 13.0. The minimum Gasteiger partial charge on any atom is -0.0798 e. The van der Waals surface area contributed by atoms with Gasteiger partial charge in [0.2, 0.25) is 0 Å². The smallest absolute Gasteiger partial charge is 0.0798 e. The summed E-state index contributed by atoms with van der Waals surface area (Å²) < 4.78 is 0. The van der Waals surface area contributed by atoms with Crippen LogP contribution in [-0.4, -0.2) is 0 Å². The molecule has 2 aromatic rings. The Morgan fingerprint density at radius 2 is 1.50 bits per heavy atom. The third kappa shape index (κ3) is 3.29. The van der Waals surface area contributed by atoms with Crippen molar-refractivity contribution >= 4 is 18.5 Å². The molecule has 0 atom stereocenters. The Labute approximate surface area is 134 Å². The zero-order chi connectivity index (χ0) is 15.2. The van der Waals surface area contributed by atoms with Crippen LogP contribution >= 0.6 is 7.92 Å². The second-order valence-corrected chi connectivity index (χ2v) is 7.90. The molecule has 0 heterocycles. The van der Waals surface area contributed by atoms with E-state index in [9.17, 15) is 0 Å². The van der Waals surface area contributed by atoms with Crippen molar-refractivity contribution < 1.29 is 0 Å². The first-order chi connectivity index (χ1) is 10.9. The molecule has 0 unspecified atom stereocenters. The molecule has 0 aromatic heterocycles. The van der Waals surface area contributed by atoms with E-state index >= 15 is 0 Å². The van der Waals surface area contributed by atoms with Gasteiger partial charge in [0.05, 0.1) is 7.92 Å². The molecule has 0 radical (unpaired) electrons. The average Bonchev–Trinajstić information content (AvgIpc) is 2.59. The van der Waals surface area contributed by atoms with Crippen LogP contribution in [0.3, 0.4) is 0 Å². The first-order valence-electron chi connectivity index (χ1n) is 7.94. The fourth-order valence-electron chi connectivity index (χ4n) is 2.95. The van der Waals surface area contributed by atoms with Gasteiger partial charge in [-0.05, 0) is 48.8 Å². The summed E-state index contributed by atoms with van der Waals surface area (Å²) in [5, 5.41) is 4.45. The van der Waals surface area contributed by atoms with Crippen LogP contribution < -0.4 is 10.6 Å². The summed E-state index contributed by atoms with van der Waals surface area (Å²) in [6.45, 7) is 2.22. The molecular formula is C21H22P+. The van der Waals surface area contributed by atoms with Crippen LogP contribution in [0.15, 0.2) is 95.9 Å². The van der Waals surface area contributed by atoms with Crippen molar-refractivity contribution in [3.05, 3.63) is 95.9 Å². The Kier molecular flexibility index (Phi) is 5.03. The molecule has 0 aliphatic heterocycles. The molecule has 22 heavy (non-hydrogen) atoms. The van der Waals surface area contributed by atoms with Gasteiger partial charge >= 0.3 is 0 Å². The second-order valence-electron chi connectivity index (χ2n) is 5.46. The highest BCUT2D eigenvalue weighted by atomic mass is 31.1. The summed E-state index contributed by atoms with van der Waals surface area (Å²) in [7, 11) is -0.929. The van der Waals surface area contributed by atoms with Crippen molar-refractivity contribution in [2.75, 3.05) is 0 Å². The Bertz CT molecular complexity index is 654. The highest BCUT2D eigenvalue weighted by Gasteiger charge is 2.30. The molecule has 1 heteroatoms. The lowest BCUT2D eigenvalue weighted by Gasteiger charge is -2.17. The maximum atomic E-state index is 2.39. The molecule has 0 fully saturated rings. The van der Waals surface area contributed by atoms with Crippen LogP contribution in [0.5, 0.6) is 0 Å². The zero-order valence-corrected chi connectivity index (χ0v) is 14.0. The first-order valence-corrected chi connectivity index (χ1v) is 9.44. The van der Waals surface area contributed by atoms with Gasteiger partial charge in [-0.15, -0.1) is 0 Å². The standard InChI is InChI=1S/C21H21P/c1-2-11-18-12-9-10-17-21(18)22(19-13-5-3-6-14-19)20-15-7-4-8-16-20/h3-11,13-17H,2,12H2,1H3/p+1. The fourth-order valence-corrected chi connectivity index (χ4v) is 5.74. The summed E-state index contributed by atoms with van der Waals surface area (Å²) in [5.41, 5.74) is 1.51. The summed E-state index contributed by atoms with van der Waals surface area (Å²) in [4.78, 5) is 0. The minimum absolute atomic E-state index is 0.929. The molecule has 110 valence electrons. The monoisotopic (exact) mass is 305 g/mol. The summed E-state index contributed by atoms with van der Waals surface area (Å²) in [6.07, 6.45) is 11.4. The van der Waals surface area contributed by atoms with Crippen LogP contribution in [-0.2, 0) is 0 Å². The van der Waals surface area contributed by atoms with Crippen molar-refractivity contribution in [1.82, 2.24) is 0 Å². The van der Waals surface area contributed by atoms with E-state index in [1.165, 1.54) is 21.5 Å². The molecule has 1 aliphatic rings. The van der Waals surface area contributed by atoms with Crippen molar-refractivity contribution in [2.45, 2.75) is 19.8 Å². The van der Waals surface area contributed by atoms with Gasteiger partial charge in [-0.2, -0.15) is 0 Å². The van der Waals surface area contributed by atoms with Gasteiger partial charge in [-0.3, -0.25) is 0 Å². The number of rotatable bonds is 4. The average molecular weight is 305 g/mol. The number of hydrogen-bond donors (Lipinski definition) is 0. The van der Waals surface area contributed by atoms with Gasteiger partial charge in [0.1, 0.15) is 15.9 Å². The molecule has 3 rings (SSSR count). The first kappa shape index (κ1) is 15.0. The Morgan fingerprint density at radius 1 is 0.909 bits per heavy atom. The van der Waals surface area contributed by atoms with Crippen LogP contribution in [0.25, 0.3) is 0 Å². The lowest BCUT2D eigenvalue weighted by atomic mass is 10.1. The van der Waals surface area contributed by atoms with Crippen molar-refractivity contribution in [3.8, 4) is 0 Å². The Hall–Kier alpha value is -1.91. The van der Waals surface area contributed by atoms with Crippen LogP contribution in [0.1, 0.15) is 19.8 Å². The molecule has 2 aromatic carbocycles. The van der Waals surface area contributed by atoms with Crippen LogP contribution in [0, 0.1) is 0 Å². The van der Waals surface area contributed by atoms with E-state index in [0.717, 1.165) is 12.8 Å². The number of hydrogen-bond acceptors (Lipinski definition) is 0. The predicted molar refractivity (Wildman–Crippen MR) is 101 cm³/mol. The van der Waals surface area contributed by atoms with Gasteiger partial charge in [-0.1, -0.05) is 61.5 Å². The molecular weight excluding hydrogens is 283 g/mol. The van der Waals surface area contributed by atoms with Gasteiger partial charge in [0, 0.05) is 0 Å². The quantitative estimate of drug-likeness (QED) is 0.695. The second kappa shape index (κ2) is 7.38. The lowest BCUT2D eigenvalue weighted by molar-refractivity contribution is 1.14. The van der Waals surface area contributed by atoms with Crippen molar-refractivity contribution in [2.24, 2.45) is 0 Å². The van der Waals surface area contributed by atoms with Crippen molar-refractivity contribution in [3.63, 3.8) is 0 Å². The van der Waals surface area contributed by atoms with E-state index in [0.29, 0.717) is 0 Å². The van der Waals surface area contributed by atoms with E-state index in [1.807, 2.05) is 0 Å². The Morgan fingerprint density at radius 3 is 2.05 bits per heavy atom. The largest absolute Gasteiger partial charge is 0.105 e. The summed E-state index contributed by atoms with van der Waals surface area (Å²) in [6, 6.07) is 22.0. The Balaban J connectivity index is 2.12. The SMILES string of the molecule is CCC=C1CC=CC=C1[PH+](c1ccccc1)c1ccccc1. The summed E-state index contributed by atoms with van der Waals surface area (Å²) in [5.74, 6) is 0. The molecule has 0 N–H and O–H groups in total. The van der Waals surface area contributed by atoms with E-state index in [-0.39, 0.29) is 0 Å². The minimum atomic E-state index is -0.929. The maximum absolute atomic E-state index is 2.39. The van der Waals surface area contributed by atoms with E-state index in [4.69, 9.17) is 0 Å². The molecule has 0 saturated heterocycles. The molecule has 0 spiro atoms. The molecule has 0 bridgehead atoms. The summed E-state index contributed by atoms with van der Waals surface area (Å²) >= 11 is 0. The third-order valence-corrected chi connectivity index (χ3v) is 6.78. The topological polar surface area (TPSA) is 0 Å². The maximum Gasteiger partial charge on any atom is 0.105 e. The molecule has 0 saturated carbocycles. The van der Waals surface area contributed by atoms with Gasteiger partial charge < -0.3 is 0 Å². The van der Waals surface area contributed by atoms with E-state index in [1.54, 1.807) is 0 Å². The normalized spacial score (nSPS) is 16.1. The number of allylic oxidation sites excluding steroid dienone is 6. The molecule has 1 aliphatic carbocycles. The van der Waals surface area contributed by atoms with Crippen molar-refractivity contribution in [1.29, 1.82) is 0 Å². The van der Waals surface area contributed by atoms with Gasteiger partial charge in [-0.25, -0.2) is 0 Å². The highest BCUT2D eigenvalue weighted by molar-refractivity contribution is 7.77. The predicted octanol–water partition coefficient (Wildman–Crippen LogP) is 5.03. The van der Waals surface area contributed by atoms with E-state index in [2.05, 4.69) is 91.9 Å². The fraction of sp³-hybridized carbons (Fsp3) is 0.143. The third-order valence-electron chi connectivity index (χ3n) is 3.93. The lowest BCUT2D eigenvalue weighted by Crippen LogP contribution is -2.14. The number of benzene rings is 2. The molecule has 0 nitrogen and oxygen atoms in total. The molecule has 0 amide bonds. The van der Waals surface area contributed by atoms with Gasteiger partial charge in [0.15, 0.2) is 0 Å².